The van der Waals surface area contributed by atoms with Crippen LogP contribution in [0.15, 0.2) is 0 Å². The highest BCUT2D eigenvalue weighted by Gasteiger charge is 2.29. The summed E-state index contributed by atoms with van der Waals surface area (Å²) >= 11 is 0. The van der Waals surface area contributed by atoms with E-state index in [0.29, 0.717) is 6.54 Å². The smallest absolute Gasteiger partial charge is 0.408 e. The van der Waals surface area contributed by atoms with E-state index >= 15 is 0 Å². The molecular formula is C24H49IN2O5. The second-order valence-corrected chi connectivity index (χ2v) is 8.42. The number of amides is 2. The number of hydrogen-bond donors (Lipinski definition) is 3. The van der Waals surface area contributed by atoms with Crippen LogP contribution in [0.3, 0.4) is 0 Å². The first-order valence-corrected chi connectivity index (χ1v) is 12.4. The van der Waals surface area contributed by atoms with Crippen molar-refractivity contribution in [1.82, 2.24) is 5.32 Å². The summed E-state index contributed by atoms with van der Waals surface area (Å²) < 4.78 is 9.88. The highest BCUT2D eigenvalue weighted by Crippen LogP contribution is 2.13. The molecule has 2 amide bonds. The van der Waals surface area contributed by atoms with Gasteiger partial charge < -0.3 is 25.6 Å². The molecule has 2 atom stereocenters. The summed E-state index contributed by atoms with van der Waals surface area (Å²) in [5.74, 6) is -0.849. The van der Waals surface area contributed by atoms with Gasteiger partial charge in [0.2, 0.25) is 6.10 Å². The Morgan fingerprint density at radius 1 is 0.812 bits per heavy atom. The van der Waals surface area contributed by atoms with Gasteiger partial charge in [-0.15, -0.1) is 24.0 Å². The first-order valence-electron chi connectivity index (χ1n) is 12.4. The topological polar surface area (TPSA) is 111 Å². The summed E-state index contributed by atoms with van der Waals surface area (Å²) in [6, 6.07) is 0. The number of hydrogen-bond acceptors (Lipinski definition) is 5. The summed E-state index contributed by atoms with van der Waals surface area (Å²) in [4.78, 5) is 23.1. The van der Waals surface area contributed by atoms with Crippen molar-refractivity contribution in [2.45, 2.75) is 122 Å². The standard InChI is InChI=1S/C24H48N2O5.HI/c1-3-4-5-6-7-8-9-10-11-12-13-14-15-16-17-18-19-26-24(29)31-22(23(25)28)21(20-27)30-2;/h21-22,27H,3-20H2,1-2H3,(H2,25,28)(H,26,29);1H. The number of primary amides is 1. The third-order valence-electron chi connectivity index (χ3n) is 5.63. The van der Waals surface area contributed by atoms with Crippen LogP contribution < -0.4 is 11.1 Å². The van der Waals surface area contributed by atoms with Crippen molar-refractivity contribution in [3.8, 4) is 0 Å². The van der Waals surface area contributed by atoms with Gasteiger partial charge in [0.1, 0.15) is 6.10 Å². The fourth-order valence-corrected chi connectivity index (χ4v) is 3.63. The number of aliphatic hydroxyl groups excluding tert-OH is 1. The zero-order valence-corrected chi connectivity index (χ0v) is 22.8. The highest BCUT2D eigenvalue weighted by atomic mass is 127. The van der Waals surface area contributed by atoms with E-state index in [-0.39, 0.29) is 24.0 Å². The summed E-state index contributed by atoms with van der Waals surface area (Å²) in [5, 5.41) is 11.8. The Labute approximate surface area is 213 Å². The summed E-state index contributed by atoms with van der Waals surface area (Å²) in [5.41, 5.74) is 5.20. The molecule has 0 aliphatic heterocycles. The number of halogens is 1. The van der Waals surface area contributed by atoms with E-state index in [1.54, 1.807) is 0 Å². The van der Waals surface area contributed by atoms with Gasteiger partial charge in [-0.1, -0.05) is 103 Å². The Morgan fingerprint density at radius 3 is 1.56 bits per heavy atom. The molecule has 0 fully saturated rings. The molecule has 0 radical (unpaired) electrons. The van der Waals surface area contributed by atoms with E-state index in [4.69, 9.17) is 20.3 Å². The Kier molecular flexibility index (Phi) is 26.2. The number of rotatable bonds is 22. The molecule has 4 N–H and O–H groups in total. The number of ether oxygens (including phenoxy) is 2. The van der Waals surface area contributed by atoms with Crippen LogP contribution in [0.2, 0.25) is 0 Å². The number of nitrogens with one attached hydrogen (secondary N) is 1. The molecule has 192 valence electrons. The lowest BCUT2D eigenvalue weighted by atomic mass is 10.0. The van der Waals surface area contributed by atoms with Crippen molar-refractivity contribution in [2.24, 2.45) is 5.73 Å². The van der Waals surface area contributed by atoms with Crippen molar-refractivity contribution < 1.29 is 24.2 Å². The average Bonchev–Trinajstić information content (AvgIpc) is 2.75. The molecule has 0 aromatic heterocycles. The predicted octanol–water partition coefficient (Wildman–Crippen LogP) is 5.45. The number of carbonyl (C=O) groups excluding carboxylic acids is 2. The molecule has 8 heteroatoms. The third kappa shape index (κ3) is 20.0. The summed E-state index contributed by atoms with van der Waals surface area (Å²) in [6.07, 6.45) is 17.8. The largest absolute Gasteiger partial charge is 0.433 e. The second-order valence-electron chi connectivity index (χ2n) is 8.42. The molecule has 32 heavy (non-hydrogen) atoms. The lowest BCUT2D eigenvalue weighted by Crippen LogP contribution is -2.46. The normalized spacial score (nSPS) is 12.6. The molecule has 0 rings (SSSR count). The maximum atomic E-state index is 11.8. The second kappa shape index (κ2) is 25.0. The Balaban J connectivity index is 0. The summed E-state index contributed by atoms with van der Waals surface area (Å²) in [7, 11) is 1.31. The van der Waals surface area contributed by atoms with Crippen LogP contribution in [0.25, 0.3) is 0 Å². The van der Waals surface area contributed by atoms with Crippen LogP contribution in [0.1, 0.15) is 110 Å². The van der Waals surface area contributed by atoms with Crippen LogP contribution in [-0.2, 0) is 14.3 Å². The third-order valence-corrected chi connectivity index (χ3v) is 5.63. The van der Waals surface area contributed by atoms with Crippen LogP contribution in [0.5, 0.6) is 0 Å². The molecule has 7 nitrogen and oxygen atoms in total. The minimum atomic E-state index is -1.30. The van der Waals surface area contributed by atoms with Gasteiger partial charge in [-0.3, -0.25) is 4.79 Å². The number of nitrogens with two attached hydrogens (primary N) is 1. The van der Waals surface area contributed by atoms with Gasteiger partial charge in [-0.05, 0) is 6.42 Å². The van der Waals surface area contributed by atoms with Crippen LogP contribution in [0.4, 0.5) is 4.79 Å². The first-order chi connectivity index (χ1) is 15.1. The molecule has 0 aromatic rings. The molecule has 0 aliphatic rings. The highest BCUT2D eigenvalue weighted by molar-refractivity contribution is 14.0. The maximum absolute atomic E-state index is 11.8. The van der Waals surface area contributed by atoms with Crippen molar-refractivity contribution in [3.05, 3.63) is 0 Å². The molecule has 0 saturated carbocycles. The van der Waals surface area contributed by atoms with Crippen LogP contribution in [-0.4, -0.2) is 49.6 Å². The van der Waals surface area contributed by atoms with Crippen LogP contribution >= 0.6 is 24.0 Å². The van der Waals surface area contributed by atoms with E-state index in [1.807, 2.05) is 0 Å². The zero-order chi connectivity index (χ0) is 23.2. The Bertz CT molecular complexity index is 437. The average molecular weight is 573 g/mol. The van der Waals surface area contributed by atoms with Gasteiger partial charge in [0.15, 0.2) is 0 Å². The molecule has 0 bridgehead atoms. The van der Waals surface area contributed by atoms with E-state index in [0.717, 1.165) is 19.3 Å². The Hall–Kier alpha value is -0.610. The number of methoxy groups -OCH3 is 1. The van der Waals surface area contributed by atoms with E-state index < -0.39 is 30.8 Å². The molecule has 2 unspecified atom stereocenters. The van der Waals surface area contributed by atoms with Crippen molar-refractivity contribution in [3.63, 3.8) is 0 Å². The Morgan fingerprint density at radius 2 is 1.22 bits per heavy atom. The van der Waals surface area contributed by atoms with Crippen molar-refractivity contribution in [2.75, 3.05) is 20.3 Å². The van der Waals surface area contributed by atoms with Crippen LogP contribution in [0, 0.1) is 0 Å². The quantitative estimate of drug-likeness (QED) is 0.118. The minimum absolute atomic E-state index is 0. The lowest BCUT2D eigenvalue weighted by Gasteiger charge is -2.21. The SMILES string of the molecule is CCCCCCCCCCCCCCCCCCNC(=O)OC(C(N)=O)C(CO)OC.I. The maximum Gasteiger partial charge on any atom is 0.408 e. The van der Waals surface area contributed by atoms with Gasteiger partial charge in [0, 0.05) is 13.7 Å². The van der Waals surface area contributed by atoms with Gasteiger partial charge in [0.05, 0.1) is 6.61 Å². The van der Waals surface area contributed by atoms with E-state index in [9.17, 15) is 9.59 Å². The van der Waals surface area contributed by atoms with Gasteiger partial charge in [0.25, 0.3) is 5.91 Å². The fraction of sp³-hybridized carbons (Fsp3) is 0.917. The summed E-state index contributed by atoms with van der Waals surface area (Å²) in [6.45, 7) is 2.29. The number of aliphatic hydroxyl groups is 1. The van der Waals surface area contributed by atoms with Gasteiger partial charge in [-0.25, -0.2) is 4.79 Å². The monoisotopic (exact) mass is 572 g/mol. The lowest BCUT2D eigenvalue weighted by molar-refractivity contribution is -0.135. The van der Waals surface area contributed by atoms with Gasteiger partial charge in [-0.2, -0.15) is 0 Å². The molecule has 0 aromatic carbocycles. The number of unbranched alkanes of at least 4 members (excludes halogenated alkanes) is 15. The molecular weight excluding hydrogens is 523 g/mol. The number of carbonyl (C=O) groups is 2. The predicted molar refractivity (Wildman–Crippen MR) is 140 cm³/mol. The minimum Gasteiger partial charge on any atom is -0.433 e. The molecule has 0 aliphatic carbocycles. The fourth-order valence-electron chi connectivity index (χ4n) is 3.63. The van der Waals surface area contributed by atoms with Gasteiger partial charge >= 0.3 is 6.09 Å². The molecule has 0 spiro atoms. The molecule has 0 saturated heterocycles. The van der Waals surface area contributed by atoms with E-state index in [2.05, 4.69) is 12.2 Å². The zero-order valence-electron chi connectivity index (χ0n) is 20.4. The van der Waals surface area contributed by atoms with Crippen molar-refractivity contribution in [1.29, 1.82) is 0 Å². The number of alkyl carbamates (subject to hydrolysis) is 1. The first kappa shape index (κ1) is 33.6. The molecule has 0 heterocycles. The van der Waals surface area contributed by atoms with Crippen molar-refractivity contribution >= 4 is 36.0 Å². The van der Waals surface area contributed by atoms with E-state index in [1.165, 1.54) is 90.6 Å².